The van der Waals surface area contributed by atoms with E-state index < -0.39 is 0 Å². The molecule has 0 aliphatic carbocycles. The summed E-state index contributed by atoms with van der Waals surface area (Å²) in [6.07, 6.45) is 2.00. The molecule has 1 amide bonds. The molecule has 0 saturated carbocycles. The van der Waals surface area contributed by atoms with E-state index in [9.17, 15) is 4.79 Å². The van der Waals surface area contributed by atoms with Gasteiger partial charge in [-0.1, -0.05) is 17.8 Å². The highest BCUT2D eigenvalue weighted by molar-refractivity contribution is 8.00. The van der Waals surface area contributed by atoms with Crippen LogP contribution in [0, 0.1) is 0 Å². The average molecular weight is 330 g/mol. The van der Waals surface area contributed by atoms with Gasteiger partial charge in [-0.25, -0.2) is 4.98 Å². The van der Waals surface area contributed by atoms with Gasteiger partial charge in [-0.2, -0.15) is 0 Å². The first-order valence-corrected chi connectivity index (χ1v) is 8.63. The number of benzene rings is 2. The van der Waals surface area contributed by atoms with Crippen LogP contribution < -0.4 is 10.1 Å². The number of aromatic nitrogens is 1. The van der Waals surface area contributed by atoms with E-state index in [1.165, 1.54) is 0 Å². The number of carbonyl (C=O) groups excluding carboxylic acids is 1. The second-order valence-corrected chi connectivity index (χ2v) is 6.64. The van der Waals surface area contributed by atoms with Crippen molar-refractivity contribution in [2.24, 2.45) is 0 Å². The lowest BCUT2D eigenvalue weighted by Gasteiger charge is -2.06. The standard InChI is InChI=1S/C16H14N2O2S2/c1-20-12-5-3-4-10(8-12)15(19)17-11-6-7-13-14(9-11)22-16(18-13)21-2/h3-9H,1-2H3,(H,17,19). The van der Waals surface area contributed by atoms with Crippen LogP contribution in [0.5, 0.6) is 5.75 Å². The van der Waals surface area contributed by atoms with Crippen LogP contribution >= 0.6 is 23.1 Å². The molecule has 2 aromatic carbocycles. The van der Waals surface area contributed by atoms with Gasteiger partial charge in [0.2, 0.25) is 0 Å². The van der Waals surface area contributed by atoms with Crippen LogP contribution in [0.15, 0.2) is 46.8 Å². The quantitative estimate of drug-likeness (QED) is 0.726. The monoisotopic (exact) mass is 330 g/mol. The van der Waals surface area contributed by atoms with Crippen molar-refractivity contribution < 1.29 is 9.53 Å². The summed E-state index contributed by atoms with van der Waals surface area (Å²) >= 11 is 3.24. The van der Waals surface area contributed by atoms with Gasteiger partial charge in [-0.05, 0) is 42.7 Å². The Morgan fingerprint density at radius 1 is 1.27 bits per heavy atom. The number of hydrogen-bond acceptors (Lipinski definition) is 5. The fraction of sp³-hybridized carbons (Fsp3) is 0.125. The maximum absolute atomic E-state index is 12.3. The Morgan fingerprint density at radius 3 is 2.91 bits per heavy atom. The third kappa shape index (κ3) is 3.08. The number of rotatable bonds is 4. The molecule has 1 N–H and O–H groups in total. The van der Waals surface area contributed by atoms with Gasteiger partial charge < -0.3 is 10.1 Å². The van der Waals surface area contributed by atoms with Gasteiger partial charge in [0, 0.05) is 11.3 Å². The Morgan fingerprint density at radius 2 is 2.14 bits per heavy atom. The molecule has 0 bridgehead atoms. The molecule has 0 atom stereocenters. The third-order valence-electron chi connectivity index (χ3n) is 3.13. The zero-order chi connectivity index (χ0) is 15.5. The summed E-state index contributed by atoms with van der Waals surface area (Å²) in [4.78, 5) is 16.8. The molecular formula is C16H14N2O2S2. The second kappa shape index (κ2) is 6.37. The van der Waals surface area contributed by atoms with E-state index in [1.807, 2.05) is 30.5 Å². The van der Waals surface area contributed by atoms with E-state index in [2.05, 4.69) is 10.3 Å². The highest BCUT2D eigenvalue weighted by atomic mass is 32.2. The normalized spacial score (nSPS) is 10.6. The van der Waals surface area contributed by atoms with Crippen molar-refractivity contribution in [1.29, 1.82) is 0 Å². The van der Waals surface area contributed by atoms with E-state index in [-0.39, 0.29) is 5.91 Å². The summed E-state index contributed by atoms with van der Waals surface area (Å²) in [7, 11) is 1.58. The van der Waals surface area contributed by atoms with E-state index in [4.69, 9.17) is 4.74 Å². The molecule has 0 unspecified atom stereocenters. The number of hydrogen-bond donors (Lipinski definition) is 1. The van der Waals surface area contributed by atoms with Crippen molar-refractivity contribution in [1.82, 2.24) is 4.98 Å². The summed E-state index contributed by atoms with van der Waals surface area (Å²) in [5.41, 5.74) is 2.28. The van der Waals surface area contributed by atoms with E-state index in [0.29, 0.717) is 11.3 Å². The van der Waals surface area contributed by atoms with Gasteiger partial charge in [0.05, 0.1) is 17.3 Å². The van der Waals surface area contributed by atoms with Gasteiger partial charge in [0.1, 0.15) is 5.75 Å². The van der Waals surface area contributed by atoms with Crippen molar-refractivity contribution in [3.8, 4) is 5.75 Å². The number of methoxy groups -OCH3 is 1. The lowest BCUT2D eigenvalue weighted by molar-refractivity contribution is 0.102. The fourth-order valence-corrected chi connectivity index (χ4v) is 3.56. The van der Waals surface area contributed by atoms with E-state index in [1.54, 1.807) is 48.4 Å². The second-order valence-electron chi connectivity index (χ2n) is 4.55. The van der Waals surface area contributed by atoms with Crippen molar-refractivity contribution in [2.45, 2.75) is 4.34 Å². The number of anilines is 1. The fourth-order valence-electron chi connectivity index (χ4n) is 2.04. The molecule has 0 fully saturated rings. The Kier molecular flexibility index (Phi) is 4.31. The van der Waals surface area contributed by atoms with Crippen molar-refractivity contribution in [3.05, 3.63) is 48.0 Å². The van der Waals surface area contributed by atoms with Gasteiger partial charge >= 0.3 is 0 Å². The minimum Gasteiger partial charge on any atom is -0.497 e. The summed E-state index contributed by atoms with van der Waals surface area (Å²) in [5, 5.41) is 2.91. The van der Waals surface area contributed by atoms with Gasteiger partial charge in [-0.3, -0.25) is 4.79 Å². The Labute approximate surface area is 136 Å². The van der Waals surface area contributed by atoms with E-state index in [0.717, 1.165) is 20.2 Å². The van der Waals surface area contributed by atoms with Gasteiger partial charge in [0.25, 0.3) is 5.91 Å². The van der Waals surface area contributed by atoms with Crippen molar-refractivity contribution >= 4 is 44.9 Å². The molecule has 0 saturated heterocycles. The van der Waals surface area contributed by atoms with Crippen LogP contribution in [0.1, 0.15) is 10.4 Å². The number of amides is 1. The predicted octanol–water partition coefficient (Wildman–Crippen LogP) is 4.28. The number of thioether (sulfide) groups is 1. The van der Waals surface area contributed by atoms with Crippen molar-refractivity contribution in [2.75, 3.05) is 18.7 Å². The van der Waals surface area contributed by atoms with Crippen LogP contribution in [0.4, 0.5) is 5.69 Å². The summed E-state index contributed by atoms with van der Waals surface area (Å²) in [6, 6.07) is 12.8. The SMILES string of the molecule is COc1cccc(C(=O)Nc2ccc3nc(SC)sc3c2)c1. The van der Waals surface area contributed by atoms with Crippen LogP contribution in [0.2, 0.25) is 0 Å². The maximum atomic E-state index is 12.3. The Balaban J connectivity index is 1.83. The summed E-state index contributed by atoms with van der Waals surface area (Å²) < 4.78 is 7.22. The van der Waals surface area contributed by atoms with E-state index >= 15 is 0 Å². The van der Waals surface area contributed by atoms with Crippen LogP contribution in [0.25, 0.3) is 10.2 Å². The lowest BCUT2D eigenvalue weighted by atomic mass is 10.2. The van der Waals surface area contributed by atoms with Crippen molar-refractivity contribution in [3.63, 3.8) is 0 Å². The molecular weight excluding hydrogens is 316 g/mol. The molecule has 1 aromatic heterocycles. The third-order valence-corrected chi connectivity index (χ3v) is 5.14. The molecule has 3 aromatic rings. The van der Waals surface area contributed by atoms with Crippen LogP contribution in [0.3, 0.4) is 0 Å². The minimum atomic E-state index is -0.159. The van der Waals surface area contributed by atoms with Gasteiger partial charge in [0.15, 0.2) is 4.34 Å². The summed E-state index contributed by atoms with van der Waals surface area (Å²) in [6.45, 7) is 0. The molecule has 4 nitrogen and oxygen atoms in total. The highest BCUT2D eigenvalue weighted by Crippen LogP contribution is 2.30. The number of carbonyl (C=O) groups is 1. The molecule has 6 heteroatoms. The lowest BCUT2D eigenvalue weighted by Crippen LogP contribution is -2.11. The number of ether oxygens (including phenoxy) is 1. The molecule has 0 aliphatic heterocycles. The highest BCUT2D eigenvalue weighted by Gasteiger charge is 2.09. The number of thiazole rings is 1. The van der Waals surface area contributed by atoms with Gasteiger partial charge in [-0.15, -0.1) is 11.3 Å². The molecule has 112 valence electrons. The van der Waals surface area contributed by atoms with Crippen LogP contribution in [-0.2, 0) is 0 Å². The smallest absolute Gasteiger partial charge is 0.255 e. The first kappa shape index (κ1) is 14.9. The Hall–Kier alpha value is -2.05. The zero-order valence-electron chi connectivity index (χ0n) is 12.1. The first-order valence-electron chi connectivity index (χ1n) is 6.59. The molecule has 0 radical (unpaired) electrons. The largest absolute Gasteiger partial charge is 0.497 e. The molecule has 0 spiro atoms. The number of fused-ring (bicyclic) bond motifs is 1. The topological polar surface area (TPSA) is 51.2 Å². The molecule has 1 heterocycles. The summed E-state index contributed by atoms with van der Waals surface area (Å²) in [5.74, 6) is 0.503. The van der Waals surface area contributed by atoms with Crippen LogP contribution in [-0.4, -0.2) is 24.3 Å². The maximum Gasteiger partial charge on any atom is 0.255 e. The number of nitrogens with one attached hydrogen (secondary N) is 1. The minimum absolute atomic E-state index is 0.159. The Bertz CT molecular complexity index is 830. The molecule has 0 aliphatic rings. The predicted molar refractivity (Wildman–Crippen MR) is 92.3 cm³/mol. The zero-order valence-corrected chi connectivity index (χ0v) is 13.8. The first-order chi connectivity index (χ1) is 10.7. The molecule has 22 heavy (non-hydrogen) atoms. The number of nitrogens with zero attached hydrogens (tertiary/aromatic N) is 1. The molecule has 3 rings (SSSR count). The average Bonchev–Trinajstić information content (AvgIpc) is 2.97.